The van der Waals surface area contributed by atoms with Crippen LogP contribution in [-0.2, 0) is 13.0 Å². The van der Waals surface area contributed by atoms with Crippen molar-refractivity contribution in [2.45, 2.75) is 32.4 Å². The molecule has 0 radical (unpaired) electrons. The molecule has 1 amide bonds. The average molecular weight is 431 g/mol. The maximum absolute atomic E-state index is 12.2. The standard InChI is InChI=1S/C24H26N6O2/c1-3-16-11-20-21(28-23(16)31)10-15(12-26-20)13-29-8-6-17(14-29)30-9-7-18-22(30)5-4-19(27-18)24(32)25-2/h4-5,7,9-12,17H,3,6,8,13-14H2,1-2H3,(H,25,32)(H,28,31)/t17-/m1/s1. The number of aromatic amines is 1. The predicted octanol–water partition coefficient (Wildman–Crippen LogP) is 2.64. The van der Waals surface area contributed by atoms with Crippen LogP contribution < -0.4 is 10.9 Å². The maximum Gasteiger partial charge on any atom is 0.269 e. The van der Waals surface area contributed by atoms with Gasteiger partial charge >= 0.3 is 0 Å². The summed E-state index contributed by atoms with van der Waals surface area (Å²) in [6.45, 7) is 4.66. The Bertz CT molecular complexity index is 1370. The predicted molar refractivity (Wildman–Crippen MR) is 124 cm³/mol. The fourth-order valence-corrected chi connectivity index (χ4v) is 4.57. The second kappa shape index (κ2) is 8.20. The van der Waals surface area contributed by atoms with Crippen LogP contribution in [0.5, 0.6) is 0 Å². The summed E-state index contributed by atoms with van der Waals surface area (Å²) in [6, 6.07) is 9.98. The molecule has 0 aromatic carbocycles. The number of nitrogens with one attached hydrogen (secondary N) is 2. The molecule has 8 nitrogen and oxygen atoms in total. The smallest absolute Gasteiger partial charge is 0.269 e. The Labute approximate surface area is 185 Å². The van der Waals surface area contributed by atoms with Gasteiger partial charge in [0.15, 0.2) is 0 Å². The van der Waals surface area contributed by atoms with Crippen LogP contribution in [0.15, 0.2) is 47.5 Å². The van der Waals surface area contributed by atoms with E-state index in [0.717, 1.165) is 59.2 Å². The molecule has 1 aliphatic rings. The number of rotatable bonds is 5. The fraction of sp³-hybridized carbons (Fsp3) is 0.333. The van der Waals surface area contributed by atoms with Crippen molar-refractivity contribution in [2.75, 3.05) is 20.1 Å². The lowest BCUT2D eigenvalue weighted by atomic mass is 10.1. The Morgan fingerprint density at radius 1 is 1.25 bits per heavy atom. The van der Waals surface area contributed by atoms with Gasteiger partial charge in [-0.25, -0.2) is 4.98 Å². The molecule has 1 atom stereocenters. The number of aromatic nitrogens is 4. The van der Waals surface area contributed by atoms with E-state index in [4.69, 9.17) is 0 Å². The van der Waals surface area contributed by atoms with Crippen LogP contribution in [0, 0.1) is 0 Å². The molecular formula is C24H26N6O2. The van der Waals surface area contributed by atoms with Crippen LogP contribution >= 0.6 is 0 Å². The van der Waals surface area contributed by atoms with Gasteiger partial charge in [-0.05, 0) is 48.7 Å². The molecule has 2 N–H and O–H groups in total. The average Bonchev–Trinajstić information content (AvgIpc) is 3.44. The van der Waals surface area contributed by atoms with E-state index in [1.54, 1.807) is 13.1 Å². The van der Waals surface area contributed by atoms with Crippen LogP contribution in [0.1, 0.15) is 41.0 Å². The molecule has 0 aliphatic carbocycles. The molecule has 1 fully saturated rings. The third kappa shape index (κ3) is 3.67. The van der Waals surface area contributed by atoms with Crippen molar-refractivity contribution in [1.82, 2.24) is 29.7 Å². The minimum atomic E-state index is -0.178. The first-order valence-corrected chi connectivity index (χ1v) is 11.0. The maximum atomic E-state index is 12.2. The van der Waals surface area contributed by atoms with Crippen molar-refractivity contribution in [3.63, 3.8) is 0 Å². The minimum Gasteiger partial charge on any atom is -0.354 e. The number of carbonyl (C=O) groups excluding carboxylic acids is 1. The number of carbonyl (C=O) groups is 1. The molecule has 0 bridgehead atoms. The molecule has 8 heteroatoms. The van der Waals surface area contributed by atoms with E-state index in [1.165, 1.54) is 0 Å². The number of hydrogen-bond acceptors (Lipinski definition) is 5. The van der Waals surface area contributed by atoms with Crippen molar-refractivity contribution >= 4 is 28.0 Å². The number of nitrogens with zero attached hydrogens (tertiary/aromatic N) is 4. The summed E-state index contributed by atoms with van der Waals surface area (Å²) in [5.41, 5.74) is 5.73. The van der Waals surface area contributed by atoms with Gasteiger partial charge in [0.05, 0.1) is 22.1 Å². The second-order valence-electron chi connectivity index (χ2n) is 8.33. The summed E-state index contributed by atoms with van der Waals surface area (Å²) in [5, 5.41) is 2.62. The summed E-state index contributed by atoms with van der Waals surface area (Å²) in [5.74, 6) is -0.178. The third-order valence-electron chi connectivity index (χ3n) is 6.29. The lowest BCUT2D eigenvalue weighted by Gasteiger charge is -2.18. The molecule has 0 unspecified atom stereocenters. The highest BCUT2D eigenvalue weighted by molar-refractivity contribution is 5.94. The van der Waals surface area contributed by atoms with E-state index >= 15 is 0 Å². The van der Waals surface area contributed by atoms with Crippen LogP contribution in [-0.4, -0.2) is 50.5 Å². The topological polar surface area (TPSA) is 95.9 Å². The van der Waals surface area contributed by atoms with Crippen molar-refractivity contribution in [1.29, 1.82) is 0 Å². The molecule has 4 aromatic heterocycles. The Hall–Kier alpha value is -3.52. The Kier molecular flexibility index (Phi) is 5.22. The second-order valence-corrected chi connectivity index (χ2v) is 8.33. The van der Waals surface area contributed by atoms with Crippen molar-refractivity contribution in [3.05, 3.63) is 69.9 Å². The zero-order valence-electron chi connectivity index (χ0n) is 18.3. The first-order valence-electron chi connectivity index (χ1n) is 11.0. The summed E-state index contributed by atoms with van der Waals surface area (Å²) in [4.78, 5) is 38.4. The van der Waals surface area contributed by atoms with Crippen LogP contribution in [0.25, 0.3) is 22.1 Å². The van der Waals surface area contributed by atoms with E-state index in [0.29, 0.717) is 18.2 Å². The number of fused-ring (bicyclic) bond motifs is 2. The van der Waals surface area contributed by atoms with Gasteiger partial charge in [0.25, 0.3) is 11.5 Å². The van der Waals surface area contributed by atoms with Crippen LogP contribution in [0.3, 0.4) is 0 Å². The van der Waals surface area contributed by atoms with E-state index < -0.39 is 0 Å². The normalized spacial score (nSPS) is 16.8. The number of aryl methyl sites for hydroxylation is 1. The Balaban J connectivity index is 1.32. The molecule has 164 valence electrons. The van der Waals surface area contributed by atoms with Crippen molar-refractivity contribution < 1.29 is 4.79 Å². The number of likely N-dealkylation sites (tertiary alicyclic amines) is 1. The summed E-state index contributed by atoms with van der Waals surface area (Å²) < 4.78 is 2.26. The summed E-state index contributed by atoms with van der Waals surface area (Å²) >= 11 is 0. The van der Waals surface area contributed by atoms with Crippen molar-refractivity contribution in [3.8, 4) is 0 Å². The first kappa shape index (κ1) is 20.4. The largest absolute Gasteiger partial charge is 0.354 e. The molecule has 4 aromatic rings. The van der Waals surface area contributed by atoms with E-state index in [-0.39, 0.29) is 11.5 Å². The van der Waals surface area contributed by atoms with Crippen LogP contribution in [0.2, 0.25) is 0 Å². The van der Waals surface area contributed by atoms with Gasteiger partial charge < -0.3 is 14.9 Å². The van der Waals surface area contributed by atoms with Gasteiger partial charge in [-0.2, -0.15) is 0 Å². The van der Waals surface area contributed by atoms with Gasteiger partial charge in [-0.15, -0.1) is 0 Å². The fourth-order valence-electron chi connectivity index (χ4n) is 4.57. The third-order valence-corrected chi connectivity index (χ3v) is 6.29. The number of H-pyrrole nitrogens is 1. The lowest BCUT2D eigenvalue weighted by molar-refractivity contribution is 0.0958. The zero-order valence-corrected chi connectivity index (χ0v) is 18.3. The first-order chi connectivity index (χ1) is 15.6. The molecule has 32 heavy (non-hydrogen) atoms. The molecule has 1 aliphatic heterocycles. The Morgan fingerprint density at radius 2 is 2.12 bits per heavy atom. The summed E-state index contributed by atoms with van der Waals surface area (Å²) in [6.07, 6.45) is 5.70. The molecule has 1 saturated heterocycles. The molecule has 5 rings (SSSR count). The Morgan fingerprint density at radius 3 is 2.94 bits per heavy atom. The monoisotopic (exact) mass is 430 g/mol. The lowest BCUT2D eigenvalue weighted by Crippen LogP contribution is -2.21. The molecule has 0 spiro atoms. The van der Waals surface area contributed by atoms with E-state index in [1.807, 2.05) is 37.4 Å². The molecular weight excluding hydrogens is 404 g/mol. The van der Waals surface area contributed by atoms with Gasteiger partial charge in [0.1, 0.15) is 5.69 Å². The van der Waals surface area contributed by atoms with Gasteiger partial charge in [-0.1, -0.05) is 6.92 Å². The minimum absolute atomic E-state index is 0.0344. The van der Waals surface area contributed by atoms with E-state index in [2.05, 4.69) is 35.9 Å². The highest BCUT2D eigenvalue weighted by Gasteiger charge is 2.25. The summed E-state index contributed by atoms with van der Waals surface area (Å²) in [7, 11) is 1.61. The van der Waals surface area contributed by atoms with E-state index in [9.17, 15) is 9.59 Å². The highest BCUT2D eigenvalue weighted by atomic mass is 16.1. The zero-order chi connectivity index (χ0) is 22.2. The van der Waals surface area contributed by atoms with Gasteiger partial charge in [0.2, 0.25) is 0 Å². The molecule has 0 saturated carbocycles. The highest BCUT2D eigenvalue weighted by Crippen LogP contribution is 2.28. The number of pyridine rings is 3. The SMILES string of the molecule is CCc1cc2ncc(CN3CC[C@@H](n4ccc5nc(C(=O)NC)ccc54)C3)cc2[nH]c1=O. The number of amides is 1. The number of hydrogen-bond donors (Lipinski definition) is 2. The van der Waals surface area contributed by atoms with Crippen LogP contribution in [0.4, 0.5) is 0 Å². The quantitative estimate of drug-likeness (QED) is 0.508. The van der Waals surface area contributed by atoms with Gasteiger partial charge in [0, 0.05) is 50.7 Å². The molecule has 5 heterocycles. The van der Waals surface area contributed by atoms with Crippen molar-refractivity contribution in [2.24, 2.45) is 0 Å². The van der Waals surface area contributed by atoms with Gasteiger partial charge in [-0.3, -0.25) is 19.5 Å².